The van der Waals surface area contributed by atoms with Gasteiger partial charge in [-0.3, -0.25) is 0 Å². The molecule has 0 aliphatic carbocycles. The molecule has 0 unspecified atom stereocenters. The summed E-state index contributed by atoms with van der Waals surface area (Å²) in [5.74, 6) is -0.213. The normalized spacial score (nSPS) is 12.0. The van der Waals surface area contributed by atoms with Gasteiger partial charge in [-0.1, -0.05) is 0 Å². The van der Waals surface area contributed by atoms with Gasteiger partial charge in [-0.2, -0.15) is 0 Å². The van der Waals surface area contributed by atoms with Gasteiger partial charge >= 0.3 is 0 Å². The van der Waals surface area contributed by atoms with Crippen LogP contribution in [0.25, 0.3) is 0 Å². The van der Waals surface area contributed by atoms with Crippen LogP contribution in [0.2, 0.25) is 0 Å². The Morgan fingerprint density at radius 1 is 0.750 bits per heavy atom. The molecule has 0 saturated heterocycles. The first-order valence-corrected chi connectivity index (χ1v) is 3.65. The smallest absolute Gasteiger partial charge is 0.164 e. The third kappa shape index (κ3) is 3.06. The maximum Gasteiger partial charge on any atom is 0.164 e. The molecular weight excluding hydrogens is 160 g/mol. The van der Waals surface area contributed by atoms with E-state index in [1.54, 1.807) is 28.4 Å². The maximum atomic E-state index is 5.00. The van der Waals surface area contributed by atoms with Crippen LogP contribution in [-0.4, -0.2) is 41.0 Å². The summed E-state index contributed by atoms with van der Waals surface area (Å²) in [5.41, 5.74) is 0. The second-order valence-electron chi connectivity index (χ2n) is 2.34. The van der Waals surface area contributed by atoms with Gasteiger partial charge in [0.1, 0.15) is 0 Å². The molecule has 0 N–H and O–H groups in total. The average molecular weight is 177 g/mol. The van der Waals surface area contributed by atoms with Gasteiger partial charge in [0.05, 0.1) is 5.92 Å². The Labute approximate surface area is 73.7 Å². The minimum Gasteiger partial charge on any atom is -0.355 e. The molecular formula is C8H17O4. The van der Waals surface area contributed by atoms with Crippen LogP contribution in [0.1, 0.15) is 0 Å². The highest BCUT2D eigenvalue weighted by Gasteiger charge is 2.25. The molecule has 0 aromatic rings. The lowest BCUT2D eigenvalue weighted by atomic mass is 10.1. The van der Waals surface area contributed by atoms with Crippen LogP contribution in [0, 0.1) is 12.8 Å². The summed E-state index contributed by atoms with van der Waals surface area (Å²) in [7, 11) is 6.20. The SMILES string of the molecule is [CH2]C(C(OC)OC)C(OC)OC. The van der Waals surface area contributed by atoms with E-state index in [0.29, 0.717) is 0 Å². The lowest BCUT2D eigenvalue weighted by Crippen LogP contribution is -2.34. The number of methoxy groups -OCH3 is 4. The fraction of sp³-hybridized carbons (Fsp3) is 0.875. The summed E-state index contributed by atoms with van der Waals surface area (Å²) in [6.07, 6.45) is -0.815. The molecule has 4 nitrogen and oxygen atoms in total. The van der Waals surface area contributed by atoms with E-state index in [1.165, 1.54) is 0 Å². The molecule has 0 saturated carbocycles. The quantitative estimate of drug-likeness (QED) is 0.559. The third-order valence-corrected chi connectivity index (χ3v) is 1.63. The van der Waals surface area contributed by atoms with Gasteiger partial charge in [-0.05, 0) is 6.92 Å². The molecule has 0 rings (SSSR count). The maximum absolute atomic E-state index is 5.00. The van der Waals surface area contributed by atoms with E-state index in [-0.39, 0.29) is 5.92 Å². The van der Waals surface area contributed by atoms with Crippen molar-refractivity contribution in [2.75, 3.05) is 28.4 Å². The zero-order chi connectivity index (χ0) is 9.56. The minimum absolute atomic E-state index is 0.213. The van der Waals surface area contributed by atoms with Crippen molar-refractivity contribution >= 4 is 0 Å². The molecule has 0 aromatic carbocycles. The van der Waals surface area contributed by atoms with E-state index in [4.69, 9.17) is 18.9 Å². The van der Waals surface area contributed by atoms with Gasteiger partial charge in [0, 0.05) is 28.4 Å². The van der Waals surface area contributed by atoms with Crippen molar-refractivity contribution in [2.45, 2.75) is 12.6 Å². The Kier molecular flexibility index (Phi) is 6.28. The average Bonchev–Trinajstić information content (AvgIpc) is 2.09. The summed E-state index contributed by atoms with van der Waals surface area (Å²) < 4.78 is 20.0. The van der Waals surface area contributed by atoms with Gasteiger partial charge < -0.3 is 18.9 Å². The van der Waals surface area contributed by atoms with Gasteiger partial charge in [-0.15, -0.1) is 0 Å². The molecule has 0 heterocycles. The Hall–Kier alpha value is -0.160. The summed E-state index contributed by atoms with van der Waals surface area (Å²) in [6, 6.07) is 0. The first-order valence-electron chi connectivity index (χ1n) is 3.65. The van der Waals surface area contributed by atoms with E-state index in [2.05, 4.69) is 6.92 Å². The van der Waals surface area contributed by atoms with Gasteiger partial charge in [0.2, 0.25) is 0 Å². The lowest BCUT2D eigenvalue weighted by molar-refractivity contribution is -0.208. The molecule has 0 aromatic heterocycles. The van der Waals surface area contributed by atoms with Crippen LogP contribution in [0.4, 0.5) is 0 Å². The van der Waals surface area contributed by atoms with Crippen molar-refractivity contribution in [2.24, 2.45) is 5.92 Å². The van der Waals surface area contributed by atoms with E-state index in [9.17, 15) is 0 Å². The van der Waals surface area contributed by atoms with Crippen molar-refractivity contribution in [1.82, 2.24) is 0 Å². The molecule has 0 fully saturated rings. The summed E-state index contributed by atoms with van der Waals surface area (Å²) in [4.78, 5) is 0. The van der Waals surface area contributed by atoms with Crippen LogP contribution in [0.3, 0.4) is 0 Å². The third-order valence-electron chi connectivity index (χ3n) is 1.63. The van der Waals surface area contributed by atoms with E-state index in [1.807, 2.05) is 0 Å². The van der Waals surface area contributed by atoms with Crippen LogP contribution >= 0.6 is 0 Å². The van der Waals surface area contributed by atoms with Crippen LogP contribution < -0.4 is 0 Å². The number of ether oxygens (including phenoxy) is 4. The largest absolute Gasteiger partial charge is 0.355 e. The summed E-state index contributed by atoms with van der Waals surface area (Å²) >= 11 is 0. The molecule has 0 bridgehead atoms. The van der Waals surface area contributed by atoms with Crippen LogP contribution in [-0.2, 0) is 18.9 Å². The molecule has 0 aliphatic heterocycles. The molecule has 0 amide bonds. The van der Waals surface area contributed by atoms with E-state index < -0.39 is 12.6 Å². The highest BCUT2D eigenvalue weighted by atomic mass is 16.7. The molecule has 0 spiro atoms. The predicted molar refractivity (Wildman–Crippen MR) is 44.5 cm³/mol. The van der Waals surface area contributed by atoms with E-state index in [0.717, 1.165) is 0 Å². The summed E-state index contributed by atoms with van der Waals surface area (Å²) in [5, 5.41) is 0. The van der Waals surface area contributed by atoms with Gasteiger partial charge in [0.25, 0.3) is 0 Å². The Morgan fingerprint density at radius 2 is 1.00 bits per heavy atom. The molecule has 0 aliphatic rings. The second-order valence-corrected chi connectivity index (χ2v) is 2.34. The molecule has 73 valence electrons. The van der Waals surface area contributed by atoms with Crippen molar-refractivity contribution in [1.29, 1.82) is 0 Å². The van der Waals surface area contributed by atoms with Gasteiger partial charge in [-0.25, -0.2) is 0 Å². The monoisotopic (exact) mass is 177 g/mol. The fourth-order valence-corrected chi connectivity index (χ4v) is 1.02. The van der Waals surface area contributed by atoms with Crippen molar-refractivity contribution < 1.29 is 18.9 Å². The standard InChI is InChI=1S/C8H17O4/c1-6(7(9-2)10-3)8(11-4)12-5/h6-8H,1H2,2-5H3. The second kappa shape index (κ2) is 6.37. The van der Waals surface area contributed by atoms with Crippen molar-refractivity contribution in [3.63, 3.8) is 0 Å². The number of hydrogen-bond acceptors (Lipinski definition) is 4. The first kappa shape index (κ1) is 11.8. The fourth-order valence-electron chi connectivity index (χ4n) is 1.02. The minimum atomic E-state index is -0.408. The zero-order valence-electron chi connectivity index (χ0n) is 8.07. The van der Waals surface area contributed by atoms with Gasteiger partial charge in [0.15, 0.2) is 12.6 Å². The first-order chi connectivity index (χ1) is 5.71. The highest BCUT2D eigenvalue weighted by Crippen LogP contribution is 2.14. The molecule has 12 heavy (non-hydrogen) atoms. The molecule has 1 radical (unpaired) electrons. The van der Waals surface area contributed by atoms with E-state index >= 15 is 0 Å². The summed E-state index contributed by atoms with van der Waals surface area (Å²) in [6.45, 7) is 3.82. The Bertz CT molecular complexity index is 87.2. The zero-order valence-corrected chi connectivity index (χ0v) is 8.07. The Balaban J connectivity index is 4.02. The highest BCUT2D eigenvalue weighted by molar-refractivity contribution is 4.68. The number of hydrogen-bond donors (Lipinski definition) is 0. The Morgan fingerprint density at radius 3 is 1.17 bits per heavy atom. The van der Waals surface area contributed by atoms with Crippen LogP contribution in [0.15, 0.2) is 0 Å². The van der Waals surface area contributed by atoms with Crippen LogP contribution in [0.5, 0.6) is 0 Å². The van der Waals surface area contributed by atoms with Crippen molar-refractivity contribution in [3.8, 4) is 0 Å². The topological polar surface area (TPSA) is 36.9 Å². The molecule has 4 heteroatoms. The molecule has 0 atom stereocenters. The number of rotatable bonds is 6. The predicted octanol–water partition coefficient (Wildman–Crippen LogP) is 0.674. The van der Waals surface area contributed by atoms with Crippen molar-refractivity contribution in [3.05, 3.63) is 6.92 Å². The lowest BCUT2D eigenvalue weighted by Gasteiger charge is -2.26.